The molecule has 22 heavy (non-hydrogen) atoms. The molecule has 0 aliphatic carbocycles. The summed E-state index contributed by atoms with van der Waals surface area (Å²) < 4.78 is 0. The number of benzene rings is 2. The number of nitrogens with one attached hydrogen (secondary N) is 3. The molecule has 114 valence electrons. The Bertz CT molecular complexity index is 671. The van der Waals surface area contributed by atoms with Gasteiger partial charge in [0.2, 0.25) is 5.91 Å². The Kier molecular flexibility index (Phi) is 5.38. The summed E-state index contributed by atoms with van der Waals surface area (Å²) in [5.74, 6) is -0.331. The lowest BCUT2D eigenvalue weighted by molar-refractivity contribution is -0.114. The Morgan fingerprint density at radius 3 is 2.41 bits per heavy atom. The van der Waals surface area contributed by atoms with Crippen molar-refractivity contribution >= 4 is 34.8 Å². The molecule has 0 spiro atoms. The van der Waals surface area contributed by atoms with E-state index in [1.807, 2.05) is 0 Å². The first-order valence-corrected chi connectivity index (χ1v) is 7.08. The highest BCUT2D eigenvalue weighted by Gasteiger charge is 2.04. The lowest BCUT2D eigenvalue weighted by Crippen LogP contribution is -2.22. The molecule has 0 heterocycles. The summed E-state index contributed by atoms with van der Waals surface area (Å²) in [5.41, 5.74) is 1.97. The Hall–Kier alpha value is -2.53. The molecule has 0 saturated carbocycles. The van der Waals surface area contributed by atoms with Crippen LogP contribution < -0.4 is 16.0 Å². The zero-order chi connectivity index (χ0) is 15.9. The number of carbonyl (C=O) groups is 2. The van der Waals surface area contributed by atoms with Crippen molar-refractivity contribution in [2.24, 2.45) is 0 Å². The third-order valence-corrected chi connectivity index (χ3v) is 3.17. The fourth-order valence-electron chi connectivity index (χ4n) is 1.84. The largest absolute Gasteiger partial charge is 0.376 e. The SMILES string of the molecule is CNC(=O)c1ccc(NCC(=O)Nc2cccc(Cl)c2)cc1. The van der Waals surface area contributed by atoms with Gasteiger partial charge >= 0.3 is 0 Å². The van der Waals surface area contributed by atoms with Gasteiger partial charge in [-0.25, -0.2) is 0 Å². The van der Waals surface area contributed by atoms with Crippen molar-refractivity contribution in [3.8, 4) is 0 Å². The van der Waals surface area contributed by atoms with Crippen LogP contribution in [0, 0.1) is 0 Å². The zero-order valence-electron chi connectivity index (χ0n) is 12.0. The van der Waals surface area contributed by atoms with E-state index in [1.165, 1.54) is 0 Å². The van der Waals surface area contributed by atoms with E-state index in [1.54, 1.807) is 55.6 Å². The van der Waals surface area contributed by atoms with Gasteiger partial charge in [-0.3, -0.25) is 9.59 Å². The van der Waals surface area contributed by atoms with Crippen LogP contribution in [-0.4, -0.2) is 25.4 Å². The van der Waals surface area contributed by atoms with Crippen LogP contribution in [-0.2, 0) is 4.79 Å². The van der Waals surface area contributed by atoms with Crippen LogP contribution in [0.3, 0.4) is 0 Å². The van der Waals surface area contributed by atoms with Crippen molar-refractivity contribution in [3.05, 3.63) is 59.1 Å². The van der Waals surface area contributed by atoms with E-state index in [0.717, 1.165) is 5.69 Å². The molecule has 0 radical (unpaired) electrons. The molecule has 0 bridgehead atoms. The van der Waals surface area contributed by atoms with Crippen molar-refractivity contribution in [1.82, 2.24) is 5.32 Å². The number of carbonyl (C=O) groups excluding carboxylic acids is 2. The Labute approximate surface area is 133 Å². The molecule has 5 nitrogen and oxygen atoms in total. The highest BCUT2D eigenvalue weighted by atomic mass is 35.5. The molecule has 6 heteroatoms. The molecule has 2 aromatic carbocycles. The van der Waals surface area contributed by atoms with Gasteiger partial charge < -0.3 is 16.0 Å². The van der Waals surface area contributed by atoms with Gasteiger partial charge in [-0.1, -0.05) is 17.7 Å². The first-order valence-electron chi connectivity index (χ1n) is 6.70. The maximum absolute atomic E-state index is 11.8. The molecule has 2 rings (SSSR count). The topological polar surface area (TPSA) is 70.2 Å². The van der Waals surface area contributed by atoms with E-state index in [0.29, 0.717) is 16.3 Å². The van der Waals surface area contributed by atoms with Crippen LogP contribution in [0.5, 0.6) is 0 Å². The van der Waals surface area contributed by atoms with Gasteiger partial charge in [0.15, 0.2) is 0 Å². The average molecular weight is 318 g/mol. The number of hydrogen-bond acceptors (Lipinski definition) is 3. The second-order valence-electron chi connectivity index (χ2n) is 4.57. The average Bonchev–Trinajstić information content (AvgIpc) is 2.52. The summed E-state index contributed by atoms with van der Waals surface area (Å²) >= 11 is 5.85. The van der Waals surface area contributed by atoms with E-state index >= 15 is 0 Å². The molecule has 0 aliphatic heterocycles. The quantitative estimate of drug-likeness (QED) is 0.794. The Morgan fingerprint density at radius 1 is 1.05 bits per heavy atom. The predicted molar refractivity (Wildman–Crippen MR) is 88.4 cm³/mol. The smallest absolute Gasteiger partial charge is 0.251 e. The summed E-state index contributed by atoms with van der Waals surface area (Å²) in [6.45, 7) is 0.117. The zero-order valence-corrected chi connectivity index (χ0v) is 12.8. The fourth-order valence-corrected chi connectivity index (χ4v) is 2.03. The van der Waals surface area contributed by atoms with Gasteiger partial charge in [0.1, 0.15) is 0 Å². The van der Waals surface area contributed by atoms with Gasteiger partial charge in [-0.15, -0.1) is 0 Å². The van der Waals surface area contributed by atoms with Gasteiger partial charge in [0.25, 0.3) is 5.91 Å². The summed E-state index contributed by atoms with van der Waals surface area (Å²) in [4.78, 5) is 23.3. The molecule has 3 N–H and O–H groups in total. The van der Waals surface area contributed by atoms with Gasteiger partial charge in [0, 0.05) is 29.0 Å². The van der Waals surface area contributed by atoms with E-state index in [9.17, 15) is 9.59 Å². The van der Waals surface area contributed by atoms with Gasteiger partial charge in [-0.2, -0.15) is 0 Å². The highest BCUT2D eigenvalue weighted by Crippen LogP contribution is 2.15. The second-order valence-corrected chi connectivity index (χ2v) is 5.00. The molecule has 2 aromatic rings. The van der Waals surface area contributed by atoms with Crippen molar-refractivity contribution in [2.75, 3.05) is 24.2 Å². The molecule has 0 fully saturated rings. The number of halogens is 1. The number of hydrogen-bond donors (Lipinski definition) is 3. The van der Waals surface area contributed by atoms with Crippen molar-refractivity contribution in [2.45, 2.75) is 0 Å². The second kappa shape index (κ2) is 7.47. The Morgan fingerprint density at radius 2 is 1.77 bits per heavy atom. The van der Waals surface area contributed by atoms with Crippen LogP contribution in [0.1, 0.15) is 10.4 Å². The molecule has 0 unspecified atom stereocenters. The van der Waals surface area contributed by atoms with Crippen molar-refractivity contribution in [1.29, 1.82) is 0 Å². The van der Waals surface area contributed by atoms with E-state index in [4.69, 9.17) is 11.6 Å². The lowest BCUT2D eigenvalue weighted by atomic mass is 10.2. The van der Waals surface area contributed by atoms with Crippen LogP contribution in [0.25, 0.3) is 0 Å². The minimum absolute atomic E-state index is 0.117. The highest BCUT2D eigenvalue weighted by molar-refractivity contribution is 6.30. The summed E-state index contributed by atoms with van der Waals surface area (Å²) in [6, 6.07) is 13.8. The Balaban J connectivity index is 1.87. The minimum atomic E-state index is -0.183. The lowest BCUT2D eigenvalue weighted by Gasteiger charge is -2.08. The standard InChI is InChI=1S/C16H16ClN3O2/c1-18-16(22)11-5-7-13(8-6-11)19-10-15(21)20-14-4-2-3-12(17)9-14/h2-9,19H,10H2,1H3,(H,18,22)(H,20,21). The molecule has 2 amide bonds. The van der Waals surface area contributed by atoms with E-state index < -0.39 is 0 Å². The maximum Gasteiger partial charge on any atom is 0.251 e. The van der Waals surface area contributed by atoms with Gasteiger partial charge in [-0.05, 0) is 42.5 Å². The molecule has 0 aliphatic rings. The number of amides is 2. The minimum Gasteiger partial charge on any atom is -0.376 e. The van der Waals surface area contributed by atoms with Crippen LogP contribution in [0.4, 0.5) is 11.4 Å². The molecule has 0 saturated heterocycles. The number of rotatable bonds is 5. The fraction of sp³-hybridized carbons (Fsp3) is 0.125. The maximum atomic E-state index is 11.8. The van der Waals surface area contributed by atoms with Crippen molar-refractivity contribution in [3.63, 3.8) is 0 Å². The van der Waals surface area contributed by atoms with Crippen LogP contribution in [0.15, 0.2) is 48.5 Å². The van der Waals surface area contributed by atoms with Crippen LogP contribution in [0.2, 0.25) is 5.02 Å². The first kappa shape index (κ1) is 15.9. The third kappa shape index (κ3) is 4.49. The van der Waals surface area contributed by atoms with Gasteiger partial charge in [0.05, 0.1) is 6.54 Å². The third-order valence-electron chi connectivity index (χ3n) is 2.94. The first-order chi connectivity index (χ1) is 10.6. The monoisotopic (exact) mass is 317 g/mol. The summed E-state index contributed by atoms with van der Waals surface area (Å²) in [6.07, 6.45) is 0. The summed E-state index contributed by atoms with van der Waals surface area (Å²) in [7, 11) is 1.58. The molecular weight excluding hydrogens is 302 g/mol. The molecule has 0 atom stereocenters. The molecular formula is C16H16ClN3O2. The van der Waals surface area contributed by atoms with Crippen LogP contribution >= 0.6 is 11.6 Å². The van der Waals surface area contributed by atoms with E-state index in [-0.39, 0.29) is 18.4 Å². The van der Waals surface area contributed by atoms with E-state index in [2.05, 4.69) is 16.0 Å². The number of anilines is 2. The summed E-state index contributed by atoms with van der Waals surface area (Å²) in [5, 5.41) is 8.84. The normalized spacial score (nSPS) is 9.91. The molecule has 0 aromatic heterocycles. The van der Waals surface area contributed by atoms with Crippen molar-refractivity contribution < 1.29 is 9.59 Å². The predicted octanol–water partition coefficient (Wildman–Crippen LogP) is 2.75.